The summed E-state index contributed by atoms with van der Waals surface area (Å²) in [6, 6.07) is 7.44. The van der Waals surface area contributed by atoms with Crippen LogP contribution in [0.15, 0.2) is 53.3 Å². The molecule has 1 aliphatic heterocycles. The largest absolute Gasteiger partial charge is 0.497 e. The van der Waals surface area contributed by atoms with Gasteiger partial charge in [0, 0.05) is 37.8 Å². The molecule has 5 rings (SSSR count). The minimum absolute atomic E-state index is 0.0167. The van der Waals surface area contributed by atoms with E-state index in [1.165, 1.54) is 11.8 Å². The molecule has 1 aliphatic rings. The average molecular weight is 670 g/mol. The van der Waals surface area contributed by atoms with Crippen molar-refractivity contribution >= 4 is 17.4 Å². The number of pyridine rings is 1. The molecule has 0 bridgehead atoms. The highest BCUT2D eigenvalue weighted by Gasteiger charge is 2.39. The zero-order valence-electron chi connectivity index (χ0n) is 24.8. The Morgan fingerprint density at radius 2 is 1.70 bits per heavy atom. The molecule has 1 fully saturated rings. The number of carbonyl (C=O) groups excluding carboxylic acids is 1. The van der Waals surface area contributed by atoms with Crippen LogP contribution in [-0.2, 0) is 13.2 Å². The molecule has 1 unspecified atom stereocenters. The second kappa shape index (κ2) is 12.3. The first-order valence-corrected chi connectivity index (χ1v) is 13.8. The van der Waals surface area contributed by atoms with Crippen LogP contribution >= 0.6 is 0 Å². The van der Waals surface area contributed by atoms with Gasteiger partial charge in [-0.2, -0.15) is 26.6 Å². The predicted octanol–water partition coefficient (Wildman–Crippen LogP) is 5.36. The summed E-state index contributed by atoms with van der Waals surface area (Å²) in [6.45, 7) is -1.37. The molecule has 250 valence electrons. The maximum absolute atomic E-state index is 15.4. The molecule has 10 nitrogen and oxygen atoms in total. The molecule has 0 saturated carbocycles. The lowest BCUT2D eigenvalue weighted by molar-refractivity contribution is -0.137. The Kier molecular flexibility index (Phi) is 8.70. The van der Waals surface area contributed by atoms with E-state index in [0.717, 1.165) is 56.6 Å². The van der Waals surface area contributed by atoms with Gasteiger partial charge >= 0.3 is 12.8 Å². The van der Waals surface area contributed by atoms with Crippen LogP contribution in [0.1, 0.15) is 29.3 Å². The monoisotopic (exact) mass is 669 g/mol. The van der Waals surface area contributed by atoms with Crippen LogP contribution in [0.4, 0.5) is 42.2 Å². The van der Waals surface area contributed by atoms with Gasteiger partial charge in [0.05, 0.1) is 18.3 Å². The first kappa shape index (κ1) is 33.3. The van der Waals surface area contributed by atoms with E-state index in [9.17, 15) is 36.6 Å². The van der Waals surface area contributed by atoms with Gasteiger partial charge in [-0.3, -0.25) is 14.3 Å². The number of aliphatic hydroxyl groups is 1. The lowest BCUT2D eigenvalue weighted by atomic mass is 10.1. The smallest absolute Gasteiger partial charge is 0.420 e. The Balaban J connectivity index is 1.72. The van der Waals surface area contributed by atoms with Crippen molar-refractivity contribution in [1.82, 2.24) is 14.3 Å². The van der Waals surface area contributed by atoms with Crippen molar-refractivity contribution in [2.45, 2.75) is 31.7 Å². The third kappa shape index (κ3) is 6.61. The Bertz CT molecular complexity index is 1860. The number of amides is 1. The number of aromatic nitrogens is 3. The molecule has 0 spiro atoms. The van der Waals surface area contributed by atoms with Gasteiger partial charge < -0.3 is 24.8 Å². The van der Waals surface area contributed by atoms with E-state index in [1.54, 1.807) is 0 Å². The molecule has 2 N–H and O–H groups in total. The van der Waals surface area contributed by atoms with E-state index >= 15 is 8.78 Å². The second-order valence-electron chi connectivity index (χ2n) is 10.9. The highest BCUT2D eigenvalue weighted by atomic mass is 19.4. The predicted molar refractivity (Wildman–Crippen MR) is 154 cm³/mol. The van der Waals surface area contributed by atoms with E-state index in [2.05, 4.69) is 15.0 Å². The topological polar surface area (TPSA) is 111 Å². The number of methoxy groups -OCH3 is 1. The minimum atomic E-state index is -5.07. The van der Waals surface area contributed by atoms with Crippen molar-refractivity contribution in [3.63, 3.8) is 0 Å². The number of nitrogens with zero attached hydrogens (tertiary/aromatic N) is 4. The lowest BCUT2D eigenvalue weighted by Gasteiger charge is -2.22. The van der Waals surface area contributed by atoms with Crippen molar-refractivity contribution in [2.24, 2.45) is 7.05 Å². The van der Waals surface area contributed by atoms with Gasteiger partial charge in [0.2, 0.25) is 0 Å². The van der Waals surface area contributed by atoms with Gasteiger partial charge in [0.25, 0.3) is 11.5 Å². The van der Waals surface area contributed by atoms with Crippen molar-refractivity contribution in [3.8, 4) is 28.6 Å². The zero-order valence-corrected chi connectivity index (χ0v) is 24.8. The number of halogens is 7. The van der Waals surface area contributed by atoms with Crippen LogP contribution in [0.2, 0.25) is 0 Å². The number of hydrogen-bond acceptors (Lipinski definition) is 7. The molecule has 47 heavy (non-hydrogen) atoms. The fraction of sp³-hybridized carbons (Fsp3) is 0.300. The number of rotatable bonds is 8. The van der Waals surface area contributed by atoms with Crippen LogP contribution in [-0.4, -0.2) is 57.8 Å². The summed E-state index contributed by atoms with van der Waals surface area (Å²) in [7, 11) is 2.18. The number of nitrogens with one attached hydrogen (secondary N) is 1. The van der Waals surface area contributed by atoms with Gasteiger partial charge in [-0.05, 0) is 49.7 Å². The minimum Gasteiger partial charge on any atom is -0.497 e. The SMILES string of the molecule is COc1cc(F)c(-c2c(NC(=O)c3ccc(OC(F)F)cc3)c(=O)n(-c3nc(N4CCC(C)(O)C4)ccc3C(F)(F)F)n2C)c(F)c1. The summed E-state index contributed by atoms with van der Waals surface area (Å²) >= 11 is 0. The number of hydrogen-bond donors (Lipinski definition) is 2. The first-order chi connectivity index (χ1) is 22.0. The molecule has 1 atom stereocenters. The molecule has 1 saturated heterocycles. The molecular formula is C30H26F7N5O5. The molecule has 0 radical (unpaired) electrons. The van der Waals surface area contributed by atoms with Crippen LogP contribution in [0, 0.1) is 11.6 Å². The lowest BCUT2D eigenvalue weighted by Crippen LogP contribution is -2.31. The van der Waals surface area contributed by atoms with E-state index in [1.807, 2.05) is 0 Å². The molecule has 3 heterocycles. The maximum atomic E-state index is 15.4. The zero-order chi connectivity index (χ0) is 34.4. The van der Waals surface area contributed by atoms with Crippen molar-refractivity contribution in [2.75, 3.05) is 30.4 Å². The van der Waals surface area contributed by atoms with Crippen molar-refractivity contribution in [1.29, 1.82) is 0 Å². The molecule has 0 aliphatic carbocycles. The summed E-state index contributed by atoms with van der Waals surface area (Å²) in [5.41, 5.74) is -6.48. The van der Waals surface area contributed by atoms with Gasteiger partial charge in [-0.25, -0.2) is 13.8 Å². The van der Waals surface area contributed by atoms with E-state index in [4.69, 9.17) is 4.74 Å². The summed E-state index contributed by atoms with van der Waals surface area (Å²) in [5.74, 6) is -5.19. The fourth-order valence-corrected chi connectivity index (χ4v) is 5.25. The van der Waals surface area contributed by atoms with Crippen LogP contribution in [0.3, 0.4) is 0 Å². The number of benzene rings is 2. The summed E-state index contributed by atoms with van der Waals surface area (Å²) in [4.78, 5) is 32.8. The van der Waals surface area contributed by atoms with Gasteiger partial charge in [-0.15, -0.1) is 0 Å². The van der Waals surface area contributed by atoms with Gasteiger partial charge in [-0.1, -0.05) is 0 Å². The number of anilines is 2. The van der Waals surface area contributed by atoms with Crippen molar-refractivity contribution < 1.29 is 50.1 Å². The Hall–Kier alpha value is -5.06. The van der Waals surface area contributed by atoms with Crippen LogP contribution in [0.5, 0.6) is 11.5 Å². The number of carbonyl (C=O) groups is 1. The van der Waals surface area contributed by atoms with Crippen LogP contribution in [0.25, 0.3) is 17.1 Å². The molecule has 4 aromatic rings. The van der Waals surface area contributed by atoms with E-state index in [-0.39, 0.29) is 42.4 Å². The summed E-state index contributed by atoms with van der Waals surface area (Å²) in [5, 5.41) is 12.6. The van der Waals surface area contributed by atoms with Crippen molar-refractivity contribution in [3.05, 3.63) is 81.6 Å². The molecule has 2 aromatic heterocycles. The second-order valence-corrected chi connectivity index (χ2v) is 10.9. The molecule has 17 heteroatoms. The summed E-state index contributed by atoms with van der Waals surface area (Å²) < 4.78 is 109. The Morgan fingerprint density at radius 3 is 2.23 bits per heavy atom. The van der Waals surface area contributed by atoms with Gasteiger partial charge in [0.1, 0.15) is 45.9 Å². The van der Waals surface area contributed by atoms with E-state index in [0.29, 0.717) is 15.4 Å². The van der Waals surface area contributed by atoms with Crippen LogP contribution < -0.4 is 25.2 Å². The van der Waals surface area contributed by atoms with Gasteiger partial charge in [0.15, 0.2) is 5.82 Å². The Labute approximate surface area is 261 Å². The fourth-order valence-electron chi connectivity index (χ4n) is 5.25. The normalized spacial score (nSPS) is 16.6. The number of alkyl halides is 5. The average Bonchev–Trinajstić information content (AvgIpc) is 3.47. The molecular weight excluding hydrogens is 643 g/mol. The highest BCUT2D eigenvalue weighted by Crippen LogP contribution is 2.38. The summed E-state index contributed by atoms with van der Waals surface area (Å²) in [6.07, 6.45) is -4.79. The van der Waals surface area contributed by atoms with E-state index < -0.39 is 69.8 Å². The maximum Gasteiger partial charge on any atom is 0.420 e. The molecule has 1 amide bonds. The first-order valence-electron chi connectivity index (χ1n) is 13.8. The number of β-amino-alcohol motifs (C(OH)–C–C–N with tert-alkyl or cyclic N) is 1. The Morgan fingerprint density at radius 1 is 1.06 bits per heavy atom. The number of ether oxygens (including phenoxy) is 2. The standard InChI is InChI=1S/C30H26F7N5O5/c1-29(45)10-11-41(14-29)21-9-8-18(30(35,36)37)25(38-21)42-27(44)23(39-26(43)15-4-6-16(7-5-15)47-28(33)34)24(40(42)2)22-19(31)12-17(46-3)13-20(22)32/h4-9,12-13,28,45H,10-11,14H2,1-3H3,(H,39,43). The quantitative estimate of drug-likeness (QED) is 0.243. The molecule has 2 aromatic carbocycles. The third-order valence-corrected chi connectivity index (χ3v) is 7.48. The third-order valence-electron chi connectivity index (χ3n) is 7.48. The highest BCUT2D eigenvalue weighted by molar-refractivity contribution is 6.06.